The topological polar surface area (TPSA) is 54.0 Å². The lowest BCUT2D eigenvalue weighted by atomic mass is 10.1. The van der Waals surface area contributed by atoms with Gasteiger partial charge in [0.2, 0.25) is 0 Å². The number of rotatable bonds is 2. The summed E-state index contributed by atoms with van der Waals surface area (Å²) < 4.78 is 11.1. The number of hydrogen-bond donors (Lipinski definition) is 1. The summed E-state index contributed by atoms with van der Waals surface area (Å²) in [4.78, 5) is 16.7. The van der Waals surface area contributed by atoms with Gasteiger partial charge in [-0.15, -0.1) is 0 Å². The Morgan fingerprint density at radius 1 is 1.04 bits per heavy atom. The van der Waals surface area contributed by atoms with Crippen LogP contribution in [0.1, 0.15) is 5.56 Å². The highest BCUT2D eigenvalue weighted by Crippen LogP contribution is 2.33. The van der Waals surface area contributed by atoms with Crippen molar-refractivity contribution in [2.24, 2.45) is 0 Å². The Bertz CT molecular complexity index is 850. The minimum atomic E-state index is -0.103. The normalized spacial score (nSPS) is 16.2. The van der Waals surface area contributed by atoms with E-state index >= 15 is 0 Å². The molecule has 7 heteroatoms. The van der Waals surface area contributed by atoms with Gasteiger partial charge in [-0.05, 0) is 36.8 Å². The molecule has 1 saturated heterocycles. The van der Waals surface area contributed by atoms with Crippen LogP contribution in [0.4, 0.5) is 16.2 Å². The maximum atomic E-state index is 12.6. The molecular weight excluding hydrogens is 366 g/mol. The lowest BCUT2D eigenvalue weighted by Gasteiger charge is -2.36. The van der Waals surface area contributed by atoms with Gasteiger partial charge in [-0.2, -0.15) is 0 Å². The van der Waals surface area contributed by atoms with E-state index in [-0.39, 0.29) is 6.03 Å². The molecule has 2 aromatic carbocycles. The molecule has 2 amide bonds. The maximum absolute atomic E-state index is 12.6. The molecule has 0 aromatic heterocycles. The molecule has 2 aliphatic rings. The number of urea groups is 1. The summed E-state index contributed by atoms with van der Waals surface area (Å²) in [5.74, 6) is 1.38. The number of hydrogen-bond acceptors (Lipinski definition) is 4. The van der Waals surface area contributed by atoms with Gasteiger partial charge in [-0.25, -0.2) is 4.79 Å². The molecule has 0 spiro atoms. The molecule has 0 atom stereocenters. The van der Waals surface area contributed by atoms with Crippen LogP contribution in [0.15, 0.2) is 36.4 Å². The van der Waals surface area contributed by atoms with E-state index in [0.717, 1.165) is 29.4 Å². The third-order valence-electron chi connectivity index (χ3n) is 4.94. The number of carbonyl (C=O) groups is 1. The monoisotopic (exact) mass is 387 g/mol. The SMILES string of the molecule is Cc1c(Cl)cccc1N1CCN(C(=O)Nc2ccc3c(c2)OCCO3)CC1. The Labute approximate surface area is 163 Å². The van der Waals surface area contributed by atoms with Crippen molar-refractivity contribution >= 4 is 29.0 Å². The number of anilines is 2. The standard InChI is InChI=1S/C20H22ClN3O3/c1-14-16(21)3-2-4-17(14)23-7-9-24(10-8-23)20(25)22-15-5-6-18-19(13-15)27-12-11-26-18/h2-6,13H,7-12H2,1H3,(H,22,25). The van der Waals surface area contributed by atoms with E-state index in [2.05, 4.69) is 16.3 Å². The largest absolute Gasteiger partial charge is 0.486 e. The van der Waals surface area contributed by atoms with Crippen LogP contribution >= 0.6 is 11.6 Å². The third-order valence-corrected chi connectivity index (χ3v) is 5.35. The van der Waals surface area contributed by atoms with Gasteiger partial charge >= 0.3 is 6.03 Å². The van der Waals surface area contributed by atoms with Gasteiger partial charge in [-0.3, -0.25) is 0 Å². The number of nitrogens with one attached hydrogen (secondary N) is 1. The summed E-state index contributed by atoms with van der Waals surface area (Å²) in [7, 11) is 0. The second-order valence-corrected chi connectivity index (χ2v) is 7.05. The van der Waals surface area contributed by atoms with Gasteiger partial charge in [-0.1, -0.05) is 17.7 Å². The molecule has 2 heterocycles. The van der Waals surface area contributed by atoms with Crippen LogP contribution in [-0.2, 0) is 0 Å². The van der Waals surface area contributed by atoms with Crippen molar-refractivity contribution in [2.45, 2.75) is 6.92 Å². The Balaban J connectivity index is 1.37. The minimum absolute atomic E-state index is 0.103. The van der Waals surface area contributed by atoms with E-state index in [4.69, 9.17) is 21.1 Å². The Hall–Kier alpha value is -2.60. The van der Waals surface area contributed by atoms with Crippen molar-refractivity contribution in [2.75, 3.05) is 49.6 Å². The van der Waals surface area contributed by atoms with Gasteiger partial charge in [0, 0.05) is 48.6 Å². The minimum Gasteiger partial charge on any atom is -0.486 e. The summed E-state index contributed by atoms with van der Waals surface area (Å²) in [5, 5.41) is 3.72. The van der Waals surface area contributed by atoms with Crippen LogP contribution in [0.3, 0.4) is 0 Å². The predicted octanol–water partition coefficient (Wildman–Crippen LogP) is 3.77. The molecule has 2 aromatic rings. The molecule has 0 radical (unpaired) electrons. The van der Waals surface area contributed by atoms with Crippen molar-refractivity contribution in [3.8, 4) is 11.5 Å². The summed E-state index contributed by atoms with van der Waals surface area (Å²) >= 11 is 6.23. The first-order valence-electron chi connectivity index (χ1n) is 9.07. The van der Waals surface area contributed by atoms with E-state index in [1.165, 1.54) is 0 Å². The highest BCUT2D eigenvalue weighted by molar-refractivity contribution is 6.31. The zero-order chi connectivity index (χ0) is 18.8. The van der Waals surface area contributed by atoms with Gasteiger partial charge in [0.25, 0.3) is 0 Å². The van der Waals surface area contributed by atoms with Gasteiger partial charge in [0.1, 0.15) is 13.2 Å². The molecule has 0 saturated carbocycles. The van der Waals surface area contributed by atoms with Gasteiger partial charge < -0.3 is 24.6 Å². The van der Waals surface area contributed by atoms with Crippen LogP contribution < -0.4 is 19.7 Å². The second-order valence-electron chi connectivity index (χ2n) is 6.65. The van der Waals surface area contributed by atoms with Crippen molar-refractivity contribution in [3.63, 3.8) is 0 Å². The maximum Gasteiger partial charge on any atom is 0.321 e. The lowest BCUT2D eigenvalue weighted by molar-refractivity contribution is 0.171. The van der Waals surface area contributed by atoms with Crippen LogP contribution in [-0.4, -0.2) is 50.3 Å². The predicted molar refractivity (Wildman–Crippen MR) is 106 cm³/mol. The average Bonchev–Trinajstić information content (AvgIpc) is 2.70. The number of piperazine rings is 1. The smallest absolute Gasteiger partial charge is 0.321 e. The molecule has 6 nitrogen and oxygen atoms in total. The number of fused-ring (bicyclic) bond motifs is 1. The van der Waals surface area contributed by atoms with E-state index < -0.39 is 0 Å². The van der Waals surface area contributed by atoms with Crippen LogP contribution in [0, 0.1) is 6.92 Å². The first kappa shape index (κ1) is 17.8. The molecule has 2 aliphatic heterocycles. The molecule has 27 heavy (non-hydrogen) atoms. The molecule has 4 rings (SSSR count). The van der Waals surface area contributed by atoms with Crippen molar-refractivity contribution in [1.82, 2.24) is 4.90 Å². The number of ether oxygens (including phenoxy) is 2. The Morgan fingerprint density at radius 2 is 1.78 bits per heavy atom. The second kappa shape index (κ2) is 7.56. The molecule has 0 aliphatic carbocycles. The number of amides is 2. The quantitative estimate of drug-likeness (QED) is 0.852. The van der Waals surface area contributed by atoms with E-state index in [1.54, 1.807) is 6.07 Å². The van der Waals surface area contributed by atoms with Crippen molar-refractivity contribution in [3.05, 3.63) is 47.0 Å². The summed E-state index contributed by atoms with van der Waals surface area (Å²) in [5.41, 5.74) is 2.92. The van der Waals surface area contributed by atoms with Crippen LogP contribution in [0.5, 0.6) is 11.5 Å². The van der Waals surface area contributed by atoms with E-state index in [9.17, 15) is 4.79 Å². The number of benzene rings is 2. The lowest BCUT2D eigenvalue weighted by Crippen LogP contribution is -2.50. The number of halogens is 1. The fraction of sp³-hybridized carbons (Fsp3) is 0.350. The fourth-order valence-electron chi connectivity index (χ4n) is 3.41. The fourth-order valence-corrected chi connectivity index (χ4v) is 3.58. The summed E-state index contributed by atoms with van der Waals surface area (Å²) in [6.45, 7) is 5.96. The van der Waals surface area contributed by atoms with Crippen LogP contribution in [0.2, 0.25) is 5.02 Å². The molecule has 1 fully saturated rings. The first-order valence-corrected chi connectivity index (χ1v) is 9.45. The number of nitrogens with zero attached hydrogens (tertiary/aromatic N) is 2. The third kappa shape index (κ3) is 3.76. The van der Waals surface area contributed by atoms with E-state index in [1.807, 2.05) is 36.1 Å². The summed E-state index contributed by atoms with van der Waals surface area (Å²) in [6, 6.07) is 11.3. The van der Waals surface area contributed by atoms with Crippen LogP contribution in [0.25, 0.3) is 0 Å². The highest BCUT2D eigenvalue weighted by atomic mass is 35.5. The Morgan fingerprint density at radius 3 is 2.56 bits per heavy atom. The zero-order valence-corrected chi connectivity index (χ0v) is 16.0. The van der Waals surface area contributed by atoms with E-state index in [0.29, 0.717) is 43.5 Å². The molecular formula is C20H22ClN3O3. The molecule has 1 N–H and O–H groups in total. The number of carbonyl (C=O) groups excluding carboxylic acids is 1. The average molecular weight is 388 g/mol. The molecule has 0 bridgehead atoms. The highest BCUT2D eigenvalue weighted by Gasteiger charge is 2.23. The van der Waals surface area contributed by atoms with Crippen molar-refractivity contribution < 1.29 is 14.3 Å². The summed E-state index contributed by atoms with van der Waals surface area (Å²) in [6.07, 6.45) is 0. The molecule has 142 valence electrons. The first-order chi connectivity index (χ1) is 13.1. The van der Waals surface area contributed by atoms with Crippen molar-refractivity contribution in [1.29, 1.82) is 0 Å². The van der Waals surface area contributed by atoms with Gasteiger partial charge in [0.15, 0.2) is 11.5 Å². The Kier molecular flexibility index (Phi) is 4.99. The molecule has 0 unspecified atom stereocenters. The van der Waals surface area contributed by atoms with Gasteiger partial charge in [0.05, 0.1) is 0 Å². The zero-order valence-electron chi connectivity index (χ0n) is 15.2.